The lowest BCUT2D eigenvalue weighted by Crippen LogP contribution is -1.93. The Morgan fingerprint density at radius 2 is 0.537 bits per heavy atom. The molecular formula is C104H58S4. The first-order chi connectivity index (χ1) is 53.5. The molecule has 0 atom stereocenters. The van der Waals surface area contributed by atoms with Crippen LogP contribution in [-0.4, -0.2) is 0 Å². The van der Waals surface area contributed by atoms with E-state index in [2.05, 4.69) is 352 Å². The van der Waals surface area contributed by atoms with Crippen molar-refractivity contribution >= 4 is 212 Å². The lowest BCUT2D eigenvalue weighted by molar-refractivity contribution is 1.63. The van der Waals surface area contributed by atoms with Crippen LogP contribution in [0, 0.1) is 0 Å². The molecule has 498 valence electrons. The fourth-order valence-electron chi connectivity index (χ4n) is 18.7. The van der Waals surface area contributed by atoms with Gasteiger partial charge in [-0.3, -0.25) is 0 Å². The molecule has 20 aromatic carbocycles. The van der Waals surface area contributed by atoms with Crippen LogP contribution in [0.1, 0.15) is 0 Å². The quantitative estimate of drug-likeness (QED) is 0.140. The van der Waals surface area contributed by atoms with Crippen molar-refractivity contribution in [3.8, 4) is 77.9 Å². The molecule has 0 radical (unpaired) electrons. The second kappa shape index (κ2) is 23.4. The van der Waals surface area contributed by atoms with E-state index in [1.807, 2.05) is 45.3 Å². The van der Waals surface area contributed by atoms with Crippen LogP contribution in [0.2, 0.25) is 0 Å². The van der Waals surface area contributed by atoms with Crippen molar-refractivity contribution in [2.24, 2.45) is 0 Å². The van der Waals surface area contributed by atoms with Gasteiger partial charge >= 0.3 is 0 Å². The Kier molecular flexibility index (Phi) is 13.1. The van der Waals surface area contributed by atoms with Crippen molar-refractivity contribution in [3.05, 3.63) is 352 Å². The van der Waals surface area contributed by atoms with Crippen molar-refractivity contribution in [1.29, 1.82) is 0 Å². The van der Waals surface area contributed by atoms with Crippen LogP contribution in [0.3, 0.4) is 0 Å². The molecule has 0 aliphatic heterocycles. The number of benzene rings is 20. The summed E-state index contributed by atoms with van der Waals surface area (Å²) >= 11 is 7.61. The number of fused-ring (bicyclic) bond motifs is 23. The number of hydrogen-bond donors (Lipinski definition) is 0. The minimum absolute atomic E-state index is 1.18. The zero-order valence-corrected chi connectivity index (χ0v) is 61.4. The Morgan fingerprint density at radius 3 is 1.17 bits per heavy atom. The molecule has 0 aliphatic carbocycles. The molecule has 0 spiro atoms. The zero-order chi connectivity index (χ0) is 70.4. The average molecular weight is 1440 g/mol. The molecule has 0 aliphatic rings. The fourth-order valence-corrected chi connectivity index (χ4v) is 23.3. The van der Waals surface area contributed by atoms with E-state index in [1.165, 1.54) is 245 Å². The number of thiophene rings is 4. The van der Waals surface area contributed by atoms with Crippen molar-refractivity contribution < 1.29 is 0 Å². The van der Waals surface area contributed by atoms with Gasteiger partial charge in [-0.05, 0) is 237 Å². The van der Waals surface area contributed by atoms with E-state index in [0.717, 1.165) is 0 Å². The van der Waals surface area contributed by atoms with E-state index in [0.29, 0.717) is 0 Å². The molecule has 108 heavy (non-hydrogen) atoms. The molecule has 0 bridgehead atoms. The lowest BCUT2D eigenvalue weighted by Gasteiger charge is -2.20. The van der Waals surface area contributed by atoms with Gasteiger partial charge in [-0.15, -0.1) is 45.3 Å². The van der Waals surface area contributed by atoms with Crippen LogP contribution in [0.15, 0.2) is 352 Å². The van der Waals surface area contributed by atoms with Crippen LogP contribution in [0.5, 0.6) is 0 Å². The Morgan fingerprint density at radius 1 is 0.139 bits per heavy atom. The molecule has 0 saturated carbocycles. The van der Waals surface area contributed by atoms with Crippen LogP contribution < -0.4 is 0 Å². The third-order valence-electron chi connectivity index (χ3n) is 23.4. The minimum Gasteiger partial charge on any atom is -0.135 e. The molecule has 0 unspecified atom stereocenters. The van der Waals surface area contributed by atoms with Gasteiger partial charge in [0.25, 0.3) is 0 Å². The first-order valence-corrected chi connectivity index (χ1v) is 40.3. The smallest absolute Gasteiger partial charge is 0.0434 e. The second-order valence-electron chi connectivity index (χ2n) is 29.1. The molecule has 4 heteroatoms. The van der Waals surface area contributed by atoms with Crippen LogP contribution in [0.25, 0.3) is 245 Å². The van der Waals surface area contributed by atoms with Gasteiger partial charge in [0.05, 0.1) is 0 Å². The van der Waals surface area contributed by atoms with E-state index in [4.69, 9.17) is 0 Å². The second-order valence-corrected chi connectivity index (χ2v) is 33.4. The topological polar surface area (TPSA) is 0 Å². The first kappa shape index (κ1) is 60.6. The Hall–Kier alpha value is -12.6. The minimum atomic E-state index is 1.18. The summed E-state index contributed by atoms with van der Waals surface area (Å²) in [6.45, 7) is 0. The number of hydrogen-bond acceptors (Lipinski definition) is 4. The van der Waals surface area contributed by atoms with Crippen molar-refractivity contribution in [2.45, 2.75) is 0 Å². The van der Waals surface area contributed by atoms with Gasteiger partial charge in [0.2, 0.25) is 0 Å². The highest BCUT2D eigenvalue weighted by Crippen LogP contribution is 2.54. The van der Waals surface area contributed by atoms with Crippen molar-refractivity contribution in [3.63, 3.8) is 0 Å². The standard InChI is InChI=1S/C104H58S4/c1-2-26-67-59(20-1)21-17-40-72(67)99-78-32-7-3-28-74(78)98(75-29-4-8-33-79(75)99)65-25-16-23-61(53-65)66-55-87(104-89(56-66)102-83-46-50-94-101(82(83)47-51-95(102)108-104)84-36-12-14-43-91(84)105-94)70-39-18-38-69-68(70)37-19-41-73(69)100-80-34-9-5-30-76(80)97(77-31-6-10-35-81(77)100)64-24-15-22-60(52-64)62-44-48-92-88(54-62)103-85-58-86-71-27-11-13-42-90(71)107-96(86)57-63(85)45-49-93(103)106-92/h1-58H. The predicted molar refractivity (Wildman–Crippen MR) is 476 cm³/mol. The zero-order valence-electron chi connectivity index (χ0n) is 58.1. The molecule has 0 nitrogen and oxygen atoms in total. The maximum atomic E-state index is 2.52. The third kappa shape index (κ3) is 8.95. The predicted octanol–water partition coefficient (Wildman–Crippen LogP) is 32.1. The van der Waals surface area contributed by atoms with E-state index >= 15 is 0 Å². The summed E-state index contributed by atoms with van der Waals surface area (Å²) in [5.41, 5.74) is 17.1. The third-order valence-corrected chi connectivity index (χ3v) is 28.0. The van der Waals surface area contributed by atoms with Gasteiger partial charge < -0.3 is 0 Å². The van der Waals surface area contributed by atoms with Crippen molar-refractivity contribution in [1.82, 2.24) is 0 Å². The summed E-state index contributed by atoms with van der Waals surface area (Å²) in [7, 11) is 0. The summed E-state index contributed by atoms with van der Waals surface area (Å²) in [5, 5.41) is 30.7. The van der Waals surface area contributed by atoms with E-state index < -0.39 is 0 Å². The monoisotopic (exact) mass is 1430 g/mol. The summed E-state index contributed by atoms with van der Waals surface area (Å²) < 4.78 is 10.5. The molecule has 4 heterocycles. The molecule has 0 saturated heterocycles. The van der Waals surface area contributed by atoms with Gasteiger partial charge in [0.15, 0.2) is 0 Å². The van der Waals surface area contributed by atoms with Gasteiger partial charge in [-0.2, -0.15) is 0 Å². The van der Waals surface area contributed by atoms with Gasteiger partial charge in [-0.25, -0.2) is 0 Å². The van der Waals surface area contributed by atoms with Gasteiger partial charge in [0, 0.05) is 86.3 Å². The molecule has 24 rings (SSSR count). The van der Waals surface area contributed by atoms with Crippen LogP contribution in [-0.2, 0) is 0 Å². The van der Waals surface area contributed by atoms with Crippen molar-refractivity contribution in [2.75, 3.05) is 0 Å². The molecule has 0 amide bonds. The summed E-state index contributed by atoms with van der Waals surface area (Å²) in [6, 6.07) is 134. The Labute approximate surface area is 636 Å². The highest BCUT2D eigenvalue weighted by Gasteiger charge is 2.25. The molecule has 24 aromatic rings. The Balaban J connectivity index is 0.688. The summed E-state index contributed by atoms with van der Waals surface area (Å²) in [4.78, 5) is 0. The van der Waals surface area contributed by atoms with E-state index in [9.17, 15) is 0 Å². The summed E-state index contributed by atoms with van der Waals surface area (Å²) in [6.07, 6.45) is 0. The fraction of sp³-hybridized carbons (Fsp3) is 0. The van der Waals surface area contributed by atoms with Crippen LogP contribution >= 0.6 is 45.3 Å². The van der Waals surface area contributed by atoms with Gasteiger partial charge in [-0.1, -0.05) is 273 Å². The maximum absolute atomic E-state index is 2.52. The van der Waals surface area contributed by atoms with Crippen LogP contribution in [0.4, 0.5) is 0 Å². The lowest BCUT2D eigenvalue weighted by atomic mass is 9.83. The molecule has 4 aromatic heterocycles. The number of rotatable bonds is 7. The van der Waals surface area contributed by atoms with Gasteiger partial charge in [0.1, 0.15) is 0 Å². The average Bonchev–Trinajstić information content (AvgIpc) is 1.69. The molecular weight excluding hydrogens is 1380 g/mol. The largest absolute Gasteiger partial charge is 0.135 e. The Bertz CT molecular complexity index is 7950. The molecule has 0 fully saturated rings. The highest BCUT2D eigenvalue weighted by atomic mass is 32.1. The molecule has 0 N–H and O–H groups in total. The van der Waals surface area contributed by atoms with E-state index in [1.54, 1.807) is 0 Å². The summed E-state index contributed by atoms with van der Waals surface area (Å²) in [5.74, 6) is 0. The normalized spacial score (nSPS) is 12.3. The van der Waals surface area contributed by atoms with E-state index in [-0.39, 0.29) is 0 Å². The maximum Gasteiger partial charge on any atom is 0.0434 e. The first-order valence-electron chi connectivity index (χ1n) is 37.1. The SMILES string of the molecule is c1cc(-c2cc(-c3cccc4c(-c5c6ccccc6c(-c6cccc(-c7ccc8sc9ccc%10cc%11sc%12ccccc%12c%11cc%10c9c8c7)c6)c6ccccc56)cccc34)c3sc4ccc5c(ccc6sc7ccccc7c65)c4c3c2)cc(-c2c3ccccc3c(-c3cccc4ccccc34)c3ccccc23)c1. The highest BCUT2D eigenvalue weighted by molar-refractivity contribution is 7.27.